The van der Waals surface area contributed by atoms with Crippen LogP contribution in [0.1, 0.15) is 36.8 Å². The summed E-state index contributed by atoms with van der Waals surface area (Å²) in [6.07, 6.45) is 6.27. The van der Waals surface area contributed by atoms with Crippen molar-refractivity contribution in [2.75, 3.05) is 20.3 Å². The third kappa shape index (κ3) is 5.49. The molecule has 0 saturated carbocycles. The zero-order chi connectivity index (χ0) is 20.5. The van der Waals surface area contributed by atoms with E-state index in [0.29, 0.717) is 19.3 Å². The van der Waals surface area contributed by atoms with Crippen molar-refractivity contribution in [1.82, 2.24) is 4.98 Å². The van der Waals surface area contributed by atoms with Crippen LogP contribution in [-0.2, 0) is 22.4 Å². The number of aliphatic hydroxyl groups excluding tert-OH is 1. The number of pyridine rings is 1. The minimum atomic E-state index is 0.0881. The van der Waals surface area contributed by atoms with Crippen LogP contribution in [0.15, 0.2) is 54.7 Å². The van der Waals surface area contributed by atoms with Gasteiger partial charge < -0.3 is 9.84 Å². The molecule has 29 heavy (non-hydrogen) atoms. The van der Waals surface area contributed by atoms with Gasteiger partial charge in [-0.25, -0.2) is 0 Å². The summed E-state index contributed by atoms with van der Waals surface area (Å²) in [5.41, 5.74) is 5.05. The normalized spacial score (nSPS) is 11.1. The molecule has 0 amide bonds. The van der Waals surface area contributed by atoms with Gasteiger partial charge in [0.2, 0.25) is 0 Å². The summed E-state index contributed by atoms with van der Waals surface area (Å²) >= 11 is 0. The highest BCUT2D eigenvalue weighted by molar-refractivity contribution is 5.99. The summed E-state index contributed by atoms with van der Waals surface area (Å²) in [4.78, 5) is 17.3. The molecule has 1 aromatic heterocycles. The number of ether oxygens (including phenoxy) is 1. The van der Waals surface area contributed by atoms with E-state index in [1.165, 1.54) is 0 Å². The molecule has 2 aromatic carbocycles. The SMILES string of the molecule is COCCCCCC(=O)Cc1cnc2c(CCO)cccc2c1-c1ccccc1. The molecule has 0 atom stereocenters. The standard InChI is InChI=1S/C25H29NO3/c1-29-16-7-3-6-12-22(28)17-21-18-26-25-20(14-15-27)11-8-13-23(25)24(21)19-9-4-2-5-10-19/h2,4-5,8-11,13,18,27H,3,6-7,12,14-17H2,1H3. The monoisotopic (exact) mass is 391 g/mol. The number of Topliss-reactive ketones (excluding diaryl/α,β-unsaturated/α-hetero) is 1. The Labute approximate surface area is 172 Å². The lowest BCUT2D eigenvalue weighted by Crippen LogP contribution is -2.06. The Bertz CT molecular complexity index is 937. The first-order valence-corrected chi connectivity index (χ1v) is 10.3. The fourth-order valence-corrected chi connectivity index (χ4v) is 3.77. The number of aromatic nitrogens is 1. The van der Waals surface area contributed by atoms with Gasteiger partial charge in [0, 0.05) is 44.7 Å². The molecule has 0 fully saturated rings. The Kier molecular flexibility index (Phi) is 7.91. The van der Waals surface area contributed by atoms with Gasteiger partial charge in [-0.05, 0) is 41.5 Å². The van der Waals surface area contributed by atoms with E-state index in [0.717, 1.165) is 59.0 Å². The van der Waals surface area contributed by atoms with Crippen molar-refractivity contribution in [1.29, 1.82) is 0 Å². The Hall–Kier alpha value is -2.56. The molecule has 1 N–H and O–H groups in total. The molecule has 0 bridgehead atoms. The molecular weight excluding hydrogens is 362 g/mol. The molecule has 0 aliphatic heterocycles. The molecule has 4 nitrogen and oxygen atoms in total. The molecule has 4 heteroatoms. The number of carbonyl (C=O) groups is 1. The predicted octanol–water partition coefficient (Wildman–Crippen LogP) is 4.76. The van der Waals surface area contributed by atoms with Crippen molar-refractivity contribution in [3.8, 4) is 11.1 Å². The smallest absolute Gasteiger partial charge is 0.137 e. The molecule has 1 heterocycles. The number of ketones is 1. The number of hydrogen-bond donors (Lipinski definition) is 1. The van der Waals surface area contributed by atoms with E-state index in [9.17, 15) is 9.90 Å². The van der Waals surface area contributed by atoms with Gasteiger partial charge in [-0.15, -0.1) is 0 Å². The highest BCUT2D eigenvalue weighted by Crippen LogP contribution is 2.33. The maximum atomic E-state index is 12.6. The second-order valence-electron chi connectivity index (χ2n) is 7.33. The number of aliphatic hydroxyl groups is 1. The minimum Gasteiger partial charge on any atom is -0.396 e. The van der Waals surface area contributed by atoms with E-state index in [1.54, 1.807) is 7.11 Å². The molecule has 0 radical (unpaired) electrons. The average Bonchev–Trinajstić information content (AvgIpc) is 2.74. The average molecular weight is 392 g/mol. The highest BCUT2D eigenvalue weighted by Gasteiger charge is 2.15. The summed E-state index contributed by atoms with van der Waals surface area (Å²) in [5.74, 6) is 0.243. The largest absolute Gasteiger partial charge is 0.396 e. The van der Waals surface area contributed by atoms with Gasteiger partial charge in [-0.2, -0.15) is 0 Å². The lowest BCUT2D eigenvalue weighted by molar-refractivity contribution is -0.118. The van der Waals surface area contributed by atoms with Gasteiger partial charge in [0.1, 0.15) is 5.78 Å². The van der Waals surface area contributed by atoms with Gasteiger partial charge in [0.25, 0.3) is 0 Å². The van der Waals surface area contributed by atoms with Crippen molar-refractivity contribution in [2.45, 2.75) is 38.5 Å². The van der Waals surface area contributed by atoms with E-state index < -0.39 is 0 Å². The van der Waals surface area contributed by atoms with Crippen molar-refractivity contribution in [2.24, 2.45) is 0 Å². The third-order valence-electron chi connectivity index (χ3n) is 5.19. The maximum Gasteiger partial charge on any atom is 0.137 e. The zero-order valence-electron chi connectivity index (χ0n) is 17.1. The molecule has 152 valence electrons. The maximum absolute atomic E-state index is 12.6. The van der Waals surface area contributed by atoms with Gasteiger partial charge in [0.15, 0.2) is 0 Å². The Morgan fingerprint density at radius 3 is 2.59 bits per heavy atom. The molecule has 0 aliphatic carbocycles. The second kappa shape index (κ2) is 10.8. The molecule has 3 rings (SSSR count). The fourth-order valence-electron chi connectivity index (χ4n) is 3.77. The Balaban J connectivity index is 1.91. The number of benzene rings is 2. The summed E-state index contributed by atoms with van der Waals surface area (Å²) in [6.45, 7) is 0.835. The van der Waals surface area contributed by atoms with Crippen LogP contribution in [0.3, 0.4) is 0 Å². The number of unbranched alkanes of at least 4 members (excludes halogenated alkanes) is 2. The number of methoxy groups -OCH3 is 1. The van der Waals surface area contributed by atoms with Gasteiger partial charge in [-0.3, -0.25) is 9.78 Å². The van der Waals surface area contributed by atoms with Gasteiger partial charge >= 0.3 is 0 Å². The lowest BCUT2D eigenvalue weighted by atomic mass is 9.92. The van der Waals surface area contributed by atoms with E-state index in [2.05, 4.69) is 23.2 Å². The number of hydrogen-bond acceptors (Lipinski definition) is 4. The summed E-state index contributed by atoms with van der Waals surface area (Å²) in [5, 5.41) is 10.4. The quantitative estimate of drug-likeness (QED) is 0.479. The molecule has 3 aromatic rings. The highest BCUT2D eigenvalue weighted by atomic mass is 16.5. The summed E-state index contributed by atoms with van der Waals surface area (Å²) in [7, 11) is 1.70. The number of fused-ring (bicyclic) bond motifs is 1. The Morgan fingerprint density at radius 1 is 1.00 bits per heavy atom. The first kappa shape index (κ1) is 21.2. The number of carbonyl (C=O) groups excluding carboxylic acids is 1. The minimum absolute atomic E-state index is 0.0881. The van der Waals surface area contributed by atoms with Crippen LogP contribution in [0.2, 0.25) is 0 Å². The number of para-hydroxylation sites is 1. The third-order valence-corrected chi connectivity index (χ3v) is 5.19. The van der Waals surface area contributed by atoms with Crippen molar-refractivity contribution >= 4 is 16.7 Å². The van der Waals surface area contributed by atoms with Crippen molar-refractivity contribution in [3.05, 3.63) is 65.9 Å². The van der Waals surface area contributed by atoms with E-state index in [4.69, 9.17) is 4.74 Å². The van der Waals surface area contributed by atoms with Gasteiger partial charge in [-0.1, -0.05) is 55.0 Å². The lowest BCUT2D eigenvalue weighted by Gasteiger charge is -2.15. The first-order chi connectivity index (χ1) is 14.2. The van der Waals surface area contributed by atoms with Gasteiger partial charge in [0.05, 0.1) is 5.52 Å². The molecule has 0 aliphatic rings. The predicted molar refractivity (Wildman–Crippen MR) is 117 cm³/mol. The second-order valence-corrected chi connectivity index (χ2v) is 7.33. The van der Waals surface area contributed by atoms with Crippen LogP contribution in [0.4, 0.5) is 0 Å². The van der Waals surface area contributed by atoms with Crippen LogP contribution in [0.25, 0.3) is 22.0 Å². The zero-order valence-corrected chi connectivity index (χ0v) is 17.1. The topological polar surface area (TPSA) is 59.4 Å². The fraction of sp³-hybridized carbons (Fsp3) is 0.360. The summed E-state index contributed by atoms with van der Waals surface area (Å²) in [6, 6.07) is 16.2. The molecule has 0 unspecified atom stereocenters. The molecule has 0 saturated heterocycles. The van der Waals surface area contributed by atoms with E-state index in [-0.39, 0.29) is 12.4 Å². The molecule has 0 spiro atoms. The Morgan fingerprint density at radius 2 is 1.83 bits per heavy atom. The van der Waals surface area contributed by atoms with Crippen molar-refractivity contribution in [3.63, 3.8) is 0 Å². The van der Waals surface area contributed by atoms with E-state index >= 15 is 0 Å². The van der Waals surface area contributed by atoms with Crippen LogP contribution in [0, 0.1) is 0 Å². The van der Waals surface area contributed by atoms with Crippen molar-refractivity contribution < 1.29 is 14.6 Å². The van der Waals surface area contributed by atoms with E-state index in [1.807, 2.05) is 36.5 Å². The van der Waals surface area contributed by atoms with Crippen LogP contribution < -0.4 is 0 Å². The van der Waals surface area contributed by atoms with Crippen LogP contribution in [0.5, 0.6) is 0 Å². The molecular formula is C25H29NO3. The van der Waals surface area contributed by atoms with Crippen LogP contribution in [-0.4, -0.2) is 36.2 Å². The number of rotatable bonds is 11. The summed E-state index contributed by atoms with van der Waals surface area (Å²) < 4.78 is 5.07. The van der Waals surface area contributed by atoms with Crippen LogP contribution >= 0.6 is 0 Å². The number of nitrogens with zero attached hydrogens (tertiary/aromatic N) is 1. The first-order valence-electron chi connectivity index (χ1n) is 10.3.